The minimum absolute atomic E-state index is 0.224. The van der Waals surface area contributed by atoms with Gasteiger partial charge in [-0.05, 0) is 43.2 Å². The molecule has 0 aliphatic rings. The maximum Gasteiger partial charge on any atom is 0.250 e. The van der Waals surface area contributed by atoms with Gasteiger partial charge in [-0.1, -0.05) is 23.5 Å². The predicted molar refractivity (Wildman–Crippen MR) is 109 cm³/mol. The van der Waals surface area contributed by atoms with E-state index in [1.54, 1.807) is 19.4 Å². The minimum Gasteiger partial charge on any atom is -0.496 e. The van der Waals surface area contributed by atoms with Gasteiger partial charge in [0.1, 0.15) is 11.3 Å². The van der Waals surface area contributed by atoms with Crippen LogP contribution >= 0.6 is 11.3 Å². The molecule has 2 aromatic heterocycles. The van der Waals surface area contributed by atoms with Crippen molar-refractivity contribution in [2.24, 2.45) is 0 Å². The Hall–Kier alpha value is -3.12. The number of carbonyl (C=O) groups excluding carboxylic acids is 1. The molecule has 0 atom stereocenters. The van der Waals surface area contributed by atoms with Crippen LogP contribution in [-0.2, 0) is 4.79 Å². The van der Waals surface area contributed by atoms with Crippen molar-refractivity contribution in [1.82, 2.24) is 4.98 Å². The molecule has 27 heavy (non-hydrogen) atoms. The number of amides is 1. The Morgan fingerprint density at radius 3 is 2.89 bits per heavy atom. The van der Waals surface area contributed by atoms with E-state index in [0.717, 1.165) is 37.9 Å². The smallest absolute Gasteiger partial charge is 0.250 e. The lowest BCUT2D eigenvalue weighted by atomic mass is 10.0. The number of carbonyl (C=O) groups is 1. The standard InChI is InChI=1S/C21H18N2O3S/c1-12(14-9-15-13(2)11-26-18(15)10-17(14)25-3)8-20(24)23-21-22-16-6-4-5-7-19(16)27-21/h4-11H,1-3H3,(H,22,23,24)/b12-8+. The maximum absolute atomic E-state index is 12.5. The summed E-state index contributed by atoms with van der Waals surface area (Å²) in [5, 5.41) is 4.43. The van der Waals surface area contributed by atoms with Crippen LogP contribution < -0.4 is 10.1 Å². The van der Waals surface area contributed by atoms with Crippen molar-refractivity contribution in [3.05, 3.63) is 59.9 Å². The number of nitrogens with zero attached hydrogens (tertiary/aromatic N) is 1. The number of hydrogen-bond acceptors (Lipinski definition) is 5. The molecule has 6 heteroatoms. The predicted octanol–water partition coefficient (Wildman–Crippen LogP) is 5.40. The number of aryl methyl sites for hydroxylation is 1. The Labute approximate surface area is 160 Å². The molecule has 0 unspecified atom stereocenters. The minimum atomic E-state index is -0.224. The Morgan fingerprint density at radius 1 is 1.30 bits per heavy atom. The Bertz CT molecular complexity index is 1150. The molecular weight excluding hydrogens is 360 g/mol. The molecule has 136 valence electrons. The number of benzene rings is 2. The van der Waals surface area contributed by atoms with Crippen LogP contribution in [0.1, 0.15) is 18.1 Å². The molecule has 4 rings (SSSR count). The van der Waals surface area contributed by atoms with E-state index in [4.69, 9.17) is 9.15 Å². The number of thiazole rings is 1. The summed E-state index contributed by atoms with van der Waals surface area (Å²) in [4.78, 5) is 16.9. The van der Waals surface area contributed by atoms with Gasteiger partial charge in [-0.25, -0.2) is 4.98 Å². The third kappa shape index (κ3) is 3.31. The number of rotatable bonds is 4. The SMILES string of the molecule is COc1cc2occ(C)c2cc1/C(C)=C/C(=O)Nc1nc2ccccc2s1. The first-order valence-corrected chi connectivity index (χ1v) is 9.28. The van der Waals surface area contributed by atoms with Gasteiger partial charge in [-0.2, -0.15) is 0 Å². The number of ether oxygens (including phenoxy) is 1. The summed E-state index contributed by atoms with van der Waals surface area (Å²) >= 11 is 1.45. The highest BCUT2D eigenvalue weighted by atomic mass is 32.1. The molecule has 1 amide bonds. The number of allylic oxidation sites excluding steroid dienone is 1. The second kappa shape index (κ2) is 6.89. The Kier molecular flexibility index (Phi) is 4.41. The monoisotopic (exact) mass is 378 g/mol. The molecule has 0 aliphatic carbocycles. The first-order chi connectivity index (χ1) is 13.0. The van der Waals surface area contributed by atoms with E-state index in [0.29, 0.717) is 10.9 Å². The van der Waals surface area contributed by atoms with Crippen molar-refractivity contribution in [2.45, 2.75) is 13.8 Å². The average Bonchev–Trinajstić information content (AvgIpc) is 3.23. The van der Waals surface area contributed by atoms with Crippen molar-refractivity contribution >= 4 is 49.1 Å². The van der Waals surface area contributed by atoms with Gasteiger partial charge in [0.15, 0.2) is 5.13 Å². The third-order valence-electron chi connectivity index (χ3n) is 4.39. The van der Waals surface area contributed by atoms with Crippen molar-refractivity contribution in [3.63, 3.8) is 0 Å². The van der Waals surface area contributed by atoms with Crippen molar-refractivity contribution in [1.29, 1.82) is 0 Å². The zero-order valence-electron chi connectivity index (χ0n) is 15.2. The largest absolute Gasteiger partial charge is 0.496 e. The molecule has 0 fully saturated rings. The lowest BCUT2D eigenvalue weighted by Crippen LogP contribution is -2.08. The fraction of sp³-hybridized carbons (Fsp3) is 0.143. The zero-order chi connectivity index (χ0) is 19.0. The van der Waals surface area contributed by atoms with Crippen LogP contribution in [0.15, 0.2) is 53.2 Å². The number of furan rings is 1. The molecule has 0 aliphatic heterocycles. The van der Waals surface area contributed by atoms with Gasteiger partial charge in [0.25, 0.3) is 0 Å². The topological polar surface area (TPSA) is 64.4 Å². The van der Waals surface area contributed by atoms with Gasteiger partial charge < -0.3 is 9.15 Å². The highest BCUT2D eigenvalue weighted by molar-refractivity contribution is 7.22. The van der Waals surface area contributed by atoms with Crippen molar-refractivity contribution < 1.29 is 13.9 Å². The third-order valence-corrected chi connectivity index (χ3v) is 5.34. The summed E-state index contributed by atoms with van der Waals surface area (Å²) < 4.78 is 12.0. The van der Waals surface area contributed by atoms with E-state index in [9.17, 15) is 4.79 Å². The fourth-order valence-electron chi connectivity index (χ4n) is 3.00. The normalized spacial score (nSPS) is 11.9. The molecule has 0 saturated heterocycles. The first-order valence-electron chi connectivity index (χ1n) is 8.46. The summed E-state index contributed by atoms with van der Waals surface area (Å²) in [6.45, 7) is 3.87. The number of anilines is 1. The molecule has 0 saturated carbocycles. The van der Waals surface area contributed by atoms with Crippen LogP contribution in [0.4, 0.5) is 5.13 Å². The van der Waals surface area contributed by atoms with Crippen molar-refractivity contribution in [2.75, 3.05) is 12.4 Å². The second-order valence-corrected chi connectivity index (χ2v) is 7.30. The highest BCUT2D eigenvalue weighted by Gasteiger charge is 2.13. The Balaban J connectivity index is 1.63. The van der Waals surface area contributed by atoms with Crippen LogP contribution in [0.25, 0.3) is 26.8 Å². The number of methoxy groups -OCH3 is 1. The molecular formula is C21H18N2O3S. The van der Waals surface area contributed by atoms with Crippen molar-refractivity contribution in [3.8, 4) is 5.75 Å². The van der Waals surface area contributed by atoms with Crippen LogP contribution in [-0.4, -0.2) is 18.0 Å². The molecule has 2 heterocycles. The number of para-hydroxylation sites is 1. The quantitative estimate of drug-likeness (QED) is 0.483. The van der Waals surface area contributed by atoms with E-state index in [1.165, 1.54) is 11.3 Å². The summed E-state index contributed by atoms with van der Waals surface area (Å²) in [6, 6.07) is 11.6. The molecule has 1 N–H and O–H groups in total. The van der Waals surface area contributed by atoms with Gasteiger partial charge in [0.05, 0.1) is 23.6 Å². The van der Waals surface area contributed by atoms with E-state index in [2.05, 4.69) is 10.3 Å². The molecule has 4 aromatic rings. The number of fused-ring (bicyclic) bond motifs is 2. The summed E-state index contributed by atoms with van der Waals surface area (Å²) in [7, 11) is 1.61. The second-order valence-electron chi connectivity index (χ2n) is 6.27. The maximum atomic E-state index is 12.5. The first kappa shape index (κ1) is 17.3. The number of hydrogen-bond donors (Lipinski definition) is 1. The Morgan fingerprint density at radius 2 is 2.11 bits per heavy atom. The van der Waals surface area contributed by atoms with Crippen LogP contribution in [0, 0.1) is 6.92 Å². The molecule has 0 bridgehead atoms. The number of nitrogens with one attached hydrogen (secondary N) is 1. The van der Waals surface area contributed by atoms with Crippen LogP contribution in [0.3, 0.4) is 0 Å². The molecule has 0 spiro atoms. The van der Waals surface area contributed by atoms with E-state index >= 15 is 0 Å². The van der Waals surface area contributed by atoms with E-state index < -0.39 is 0 Å². The van der Waals surface area contributed by atoms with E-state index in [-0.39, 0.29) is 5.91 Å². The van der Waals surface area contributed by atoms with Gasteiger partial charge in [-0.3, -0.25) is 10.1 Å². The van der Waals surface area contributed by atoms with Gasteiger partial charge in [-0.15, -0.1) is 0 Å². The molecule has 0 radical (unpaired) electrons. The van der Waals surface area contributed by atoms with E-state index in [1.807, 2.05) is 50.2 Å². The van der Waals surface area contributed by atoms with Gasteiger partial charge in [0.2, 0.25) is 5.91 Å². The number of aromatic nitrogens is 1. The summed E-state index contributed by atoms with van der Waals surface area (Å²) in [5.74, 6) is 0.441. The molecule has 5 nitrogen and oxygen atoms in total. The lowest BCUT2D eigenvalue weighted by molar-refractivity contribution is -0.111. The van der Waals surface area contributed by atoms with Crippen LogP contribution in [0.2, 0.25) is 0 Å². The summed E-state index contributed by atoms with van der Waals surface area (Å²) in [5.41, 5.74) is 4.34. The lowest BCUT2D eigenvalue weighted by Gasteiger charge is -2.09. The van der Waals surface area contributed by atoms with Crippen LogP contribution in [0.5, 0.6) is 5.75 Å². The average molecular weight is 378 g/mol. The molecule has 2 aromatic carbocycles. The fourth-order valence-corrected chi connectivity index (χ4v) is 3.87. The van der Waals surface area contributed by atoms with Gasteiger partial charge in [0, 0.05) is 23.1 Å². The summed E-state index contributed by atoms with van der Waals surface area (Å²) in [6.07, 6.45) is 3.28. The van der Waals surface area contributed by atoms with Gasteiger partial charge >= 0.3 is 0 Å². The highest BCUT2D eigenvalue weighted by Crippen LogP contribution is 2.33. The zero-order valence-corrected chi connectivity index (χ0v) is 16.0.